The van der Waals surface area contributed by atoms with Crippen LogP contribution in [0.25, 0.3) is 6.08 Å². The van der Waals surface area contributed by atoms with Crippen LogP contribution in [-0.4, -0.2) is 12.7 Å². The molecule has 0 bridgehead atoms. The topological polar surface area (TPSA) is 18.5 Å². The van der Waals surface area contributed by atoms with Gasteiger partial charge >= 0.3 is 0 Å². The van der Waals surface area contributed by atoms with E-state index in [0.717, 1.165) is 32.1 Å². The van der Waals surface area contributed by atoms with Crippen LogP contribution in [0.2, 0.25) is 0 Å². The van der Waals surface area contributed by atoms with Crippen LogP contribution in [0.5, 0.6) is 11.5 Å². The molecule has 0 amide bonds. The minimum absolute atomic E-state index is 0.0148. The van der Waals surface area contributed by atoms with E-state index in [0.29, 0.717) is 42.2 Å². The van der Waals surface area contributed by atoms with E-state index in [-0.39, 0.29) is 23.0 Å². The maximum absolute atomic E-state index is 14.8. The molecule has 2 aliphatic rings. The Morgan fingerprint density at radius 1 is 0.968 bits per heavy atom. The number of hydrogen-bond donors (Lipinski definition) is 0. The lowest BCUT2D eigenvalue weighted by Gasteiger charge is -2.27. The molecule has 0 saturated carbocycles. The quantitative estimate of drug-likeness (QED) is 0.407. The summed E-state index contributed by atoms with van der Waals surface area (Å²) in [5, 5.41) is 0. The highest BCUT2D eigenvalue weighted by Gasteiger charge is 2.28. The summed E-state index contributed by atoms with van der Waals surface area (Å²) in [5.41, 5.74) is 1.88. The van der Waals surface area contributed by atoms with Crippen LogP contribution < -0.4 is 4.74 Å². The SMILES string of the molecule is CCCc1ccc2c(c1F)Oc1c(cc(/C=C/C3CCC(CCC)OC3)c(F)c1F)C2. The lowest BCUT2D eigenvalue weighted by molar-refractivity contribution is -0.00823. The molecule has 0 aromatic heterocycles. The van der Waals surface area contributed by atoms with E-state index in [4.69, 9.17) is 9.47 Å². The fourth-order valence-electron chi connectivity index (χ4n) is 4.47. The zero-order valence-corrected chi connectivity index (χ0v) is 18.1. The predicted molar refractivity (Wildman–Crippen MR) is 116 cm³/mol. The summed E-state index contributed by atoms with van der Waals surface area (Å²) in [5.74, 6) is -2.52. The molecule has 1 saturated heterocycles. The zero-order chi connectivity index (χ0) is 22.0. The first-order valence-electron chi connectivity index (χ1n) is 11.3. The minimum atomic E-state index is -1.06. The van der Waals surface area contributed by atoms with E-state index in [1.807, 2.05) is 19.1 Å². The third-order valence-corrected chi connectivity index (χ3v) is 6.19. The predicted octanol–water partition coefficient (Wildman–Crippen LogP) is 7.36. The molecule has 0 spiro atoms. The summed E-state index contributed by atoms with van der Waals surface area (Å²) in [7, 11) is 0. The van der Waals surface area contributed by atoms with Crippen molar-refractivity contribution in [2.75, 3.05) is 6.61 Å². The molecule has 2 heterocycles. The molecule has 0 N–H and O–H groups in total. The van der Waals surface area contributed by atoms with Crippen molar-refractivity contribution in [1.82, 2.24) is 0 Å². The zero-order valence-electron chi connectivity index (χ0n) is 18.1. The molecule has 1 fully saturated rings. The Morgan fingerprint density at radius 2 is 1.77 bits per heavy atom. The molecule has 4 rings (SSSR count). The van der Waals surface area contributed by atoms with Gasteiger partial charge in [0.1, 0.15) is 0 Å². The van der Waals surface area contributed by atoms with Crippen molar-refractivity contribution in [3.05, 3.63) is 64.0 Å². The Labute approximate surface area is 182 Å². The van der Waals surface area contributed by atoms with Crippen LogP contribution in [0.4, 0.5) is 13.2 Å². The number of halogens is 3. The smallest absolute Gasteiger partial charge is 0.202 e. The van der Waals surface area contributed by atoms with Gasteiger partial charge in [0.2, 0.25) is 5.82 Å². The molecule has 2 aromatic rings. The van der Waals surface area contributed by atoms with Crippen LogP contribution >= 0.6 is 0 Å². The Morgan fingerprint density at radius 3 is 2.48 bits per heavy atom. The number of ether oxygens (including phenoxy) is 2. The fraction of sp³-hybridized carbons (Fsp3) is 0.462. The normalized spacial score (nSPS) is 20.4. The van der Waals surface area contributed by atoms with Crippen molar-refractivity contribution in [3.8, 4) is 11.5 Å². The summed E-state index contributed by atoms with van der Waals surface area (Å²) in [4.78, 5) is 0. The molecule has 5 heteroatoms. The van der Waals surface area contributed by atoms with Crippen LogP contribution in [0.3, 0.4) is 0 Å². The Kier molecular flexibility index (Phi) is 6.71. The highest BCUT2D eigenvalue weighted by Crippen LogP contribution is 2.42. The minimum Gasteiger partial charge on any atom is -0.450 e. The third-order valence-electron chi connectivity index (χ3n) is 6.19. The lowest BCUT2D eigenvalue weighted by Crippen LogP contribution is -2.24. The summed E-state index contributed by atoms with van der Waals surface area (Å²) in [6, 6.07) is 5.17. The molecule has 31 heavy (non-hydrogen) atoms. The van der Waals surface area contributed by atoms with Gasteiger partial charge in [0.15, 0.2) is 23.1 Å². The largest absolute Gasteiger partial charge is 0.450 e. The standard InChI is InChI=1S/C26H29F3O2/c1-3-5-17-10-11-19-14-20-13-18(9-7-16-8-12-21(6-4-2)30-15-16)22(27)24(29)26(20)31-25(19)23(17)28/h7,9-11,13,16,21H,3-6,8,12,14-15H2,1-2H3/b9-7+. The van der Waals surface area contributed by atoms with Gasteiger partial charge in [0.05, 0.1) is 12.7 Å². The lowest BCUT2D eigenvalue weighted by atomic mass is 9.93. The molecule has 166 valence electrons. The number of hydrogen-bond acceptors (Lipinski definition) is 2. The first kappa shape index (κ1) is 21.9. The van der Waals surface area contributed by atoms with Gasteiger partial charge in [0, 0.05) is 29.0 Å². The Bertz CT molecular complexity index is 975. The summed E-state index contributed by atoms with van der Waals surface area (Å²) >= 11 is 0. The number of fused-ring (bicyclic) bond motifs is 2. The highest BCUT2D eigenvalue weighted by molar-refractivity contribution is 5.59. The van der Waals surface area contributed by atoms with Gasteiger partial charge in [-0.25, -0.2) is 8.78 Å². The van der Waals surface area contributed by atoms with Gasteiger partial charge < -0.3 is 9.47 Å². The van der Waals surface area contributed by atoms with Crippen molar-refractivity contribution < 1.29 is 22.6 Å². The van der Waals surface area contributed by atoms with Crippen molar-refractivity contribution in [2.24, 2.45) is 5.92 Å². The average molecular weight is 431 g/mol. The van der Waals surface area contributed by atoms with E-state index in [2.05, 4.69) is 6.92 Å². The second kappa shape index (κ2) is 9.47. The summed E-state index contributed by atoms with van der Waals surface area (Å²) in [6.07, 6.45) is 9.62. The number of benzene rings is 2. The van der Waals surface area contributed by atoms with Crippen molar-refractivity contribution in [2.45, 2.75) is 64.9 Å². The Hall–Kier alpha value is -2.27. The van der Waals surface area contributed by atoms with E-state index in [1.54, 1.807) is 18.2 Å². The van der Waals surface area contributed by atoms with Crippen molar-refractivity contribution >= 4 is 6.08 Å². The van der Waals surface area contributed by atoms with Crippen molar-refractivity contribution in [3.63, 3.8) is 0 Å². The molecule has 0 aliphatic carbocycles. The van der Waals surface area contributed by atoms with Gasteiger partial charge in [-0.3, -0.25) is 0 Å². The molecular formula is C26H29F3O2. The second-order valence-electron chi connectivity index (χ2n) is 8.58. The third kappa shape index (κ3) is 4.52. The van der Waals surface area contributed by atoms with Crippen LogP contribution in [0.15, 0.2) is 24.3 Å². The average Bonchev–Trinajstić information content (AvgIpc) is 2.78. The fourth-order valence-corrected chi connectivity index (χ4v) is 4.47. The molecule has 2 aliphatic heterocycles. The second-order valence-corrected chi connectivity index (χ2v) is 8.58. The first-order chi connectivity index (χ1) is 15.0. The highest BCUT2D eigenvalue weighted by atomic mass is 19.2. The van der Waals surface area contributed by atoms with Crippen LogP contribution in [0, 0.1) is 23.4 Å². The molecule has 0 radical (unpaired) electrons. The molecule has 2 nitrogen and oxygen atoms in total. The van der Waals surface area contributed by atoms with Gasteiger partial charge in [-0.15, -0.1) is 0 Å². The van der Waals surface area contributed by atoms with Crippen LogP contribution in [0.1, 0.15) is 68.2 Å². The van der Waals surface area contributed by atoms with Gasteiger partial charge in [-0.1, -0.05) is 51.0 Å². The summed E-state index contributed by atoms with van der Waals surface area (Å²) < 4.78 is 55.8. The molecular weight excluding hydrogens is 401 g/mol. The maximum atomic E-state index is 14.8. The van der Waals surface area contributed by atoms with Crippen LogP contribution in [-0.2, 0) is 17.6 Å². The van der Waals surface area contributed by atoms with Gasteiger partial charge in [-0.2, -0.15) is 4.39 Å². The summed E-state index contributed by atoms with van der Waals surface area (Å²) in [6.45, 7) is 4.71. The van der Waals surface area contributed by atoms with Gasteiger partial charge in [0.25, 0.3) is 0 Å². The number of rotatable bonds is 6. The molecule has 2 atom stereocenters. The monoisotopic (exact) mass is 430 g/mol. The van der Waals surface area contributed by atoms with E-state index in [9.17, 15) is 13.2 Å². The molecule has 2 aromatic carbocycles. The molecule has 2 unspecified atom stereocenters. The van der Waals surface area contributed by atoms with Gasteiger partial charge in [-0.05, 0) is 37.3 Å². The Balaban J connectivity index is 1.55. The van der Waals surface area contributed by atoms with E-state index in [1.165, 1.54) is 0 Å². The maximum Gasteiger partial charge on any atom is 0.202 e. The van der Waals surface area contributed by atoms with Crippen molar-refractivity contribution in [1.29, 1.82) is 0 Å². The first-order valence-corrected chi connectivity index (χ1v) is 11.3. The van der Waals surface area contributed by atoms with E-state index >= 15 is 0 Å². The van der Waals surface area contributed by atoms with E-state index < -0.39 is 17.5 Å². The number of aryl methyl sites for hydroxylation is 1.